The number of aromatic nitrogens is 1. The molecule has 0 spiro atoms. The van der Waals surface area contributed by atoms with Crippen LogP contribution in [-0.4, -0.2) is 75.7 Å². The number of aliphatic carboxylic acids is 1. The number of cyclic esters (lactones) is 1. The van der Waals surface area contributed by atoms with Gasteiger partial charge in [-0.1, -0.05) is 30.3 Å². The number of anilines is 1. The first-order valence-corrected chi connectivity index (χ1v) is 12.3. The van der Waals surface area contributed by atoms with Crippen LogP contribution in [0.25, 0.3) is 0 Å². The number of hydrogen-bond donors (Lipinski definition) is 1. The van der Waals surface area contributed by atoms with Gasteiger partial charge in [0.15, 0.2) is 0 Å². The first-order chi connectivity index (χ1) is 17.0. The molecule has 1 aromatic heterocycles. The molecule has 9 nitrogen and oxygen atoms in total. The molecule has 1 aromatic carbocycles. The third kappa shape index (κ3) is 4.54. The van der Waals surface area contributed by atoms with Crippen molar-refractivity contribution in [2.24, 2.45) is 0 Å². The Labute approximate surface area is 204 Å². The Morgan fingerprint density at radius 2 is 1.66 bits per heavy atom. The first-order valence-electron chi connectivity index (χ1n) is 12.3. The quantitative estimate of drug-likeness (QED) is 0.704. The van der Waals surface area contributed by atoms with Gasteiger partial charge in [-0.25, -0.2) is 9.59 Å². The van der Waals surface area contributed by atoms with E-state index < -0.39 is 36.2 Å². The molecule has 3 fully saturated rings. The van der Waals surface area contributed by atoms with Crippen LogP contribution in [0.4, 0.5) is 10.5 Å². The van der Waals surface area contributed by atoms with E-state index in [4.69, 9.17) is 4.74 Å². The summed E-state index contributed by atoms with van der Waals surface area (Å²) in [6, 6.07) is 11.8. The van der Waals surface area contributed by atoms with Gasteiger partial charge in [0, 0.05) is 43.8 Å². The van der Waals surface area contributed by atoms with Crippen molar-refractivity contribution in [3.05, 3.63) is 60.4 Å². The second-order valence-electron chi connectivity index (χ2n) is 9.37. The monoisotopic (exact) mass is 478 g/mol. The van der Waals surface area contributed by atoms with E-state index in [0.717, 1.165) is 50.0 Å². The fraction of sp³-hybridized carbons (Fsp3) is 0.462. The van der Waals surface area contributed by atoms with Gasteiger partial charge in [-0.05, 0) is 49.8 Å². The number of rotatable bonds is 5. The molecule has 35 heavy (non-hydrogen) atoms. The van der Waals surface area contributed by atoms with Gasteiger partial charge in [-0.3, -0.25) is 14.7 Å². The summed E-state index contributed by atoms with van der Waals surface area (Å²) < 4.78 is 5.73. The SMILES string of the molecule is O=C(O)C1CCCCN1C(=O)C1OC(=O)N(C2CCN(c3ccncc3)CC2)C1c1ccccc1. The van der Waals surface area contributed by atoms with Crippen molar-refractivity contribution in [2.45, 2.75) is 56.3 Å². The minimum absolute atomic E-state index is 0.0831. The molecule has 3 unspecified atom stereocenters. The Kier molecular flexibility index (Phi) is 6.57. The summed E-state index contributed by atoms with van der Waals surface area (Å²) in [7, 11) is 0. The first kappa shape index (κ1) is 23.1. The zero-order valence-corrected chi connectivity index (χ0v) is 19.5. The van der Waals surface area contributed by atoms with E-state index in [2.05, 4.69) is 9.88 Å². The van der Waals surface area contributed by atoms with Crippen molar-refractivity contribution in [1.82, 2.24) is 14.8 Å². The number of carbonyl (C=O) groups is 3. The van der Waals surface area contributed by atoms with Crippen LogP contribution in [0.2, 0.25) is 0 Å². The molecule has 0 saturated carbocycles. The molecule has 184 valence electrons. The minimum atomic E-state index is -1.07. The van der Waals surface area contributed by atoms with Crippen molar-refractivity contribution in [3.8, 4) is 0 Å². The summed E-state index contributed by atoms with van der Waals surface area (Å²) in [6.07, 6.45) is 5.35. The predicted molar refractivity (Wildman–Crippen MR) is 128 cm³/mol. The lowest BCUT2D eigenvalue weighted by Crippen LogP contribution is -2.53. The Balaban J connectivity index is 1.40. The predicted octanol–water partition coefficient (Wildman–Crippen LogP) is 3.08. The van der Waals surface area contributed by atoms with Crippen LogP contribution in [-0.2, 0) is 14.3 Å². The number of carboxylic acids is 1. The zero-order chi connectivity index (χ0) is 24.4. The molecule has 0 aliphatic carbocycles. The summed E-state index contributed by atoms with van der Waals surface area (Å²) in [5.41, 5.74) is 1.91. The number of piperidine rings is 2. The van der Waals surface area contributed by atoms with E-state index in [-0.39, 0.29) is 6.04 Å². The third-order valence-corrected chi connectivity index (χ3v) is 7.37. The van der Waals surface area contributed by atoms with E-state index in [1.54, 1.807) is 17.3 Å². The Morgan fingerprint density at radius 3 is 2.34 bits per heavy atom. The minimum Gasteiger partial charge on any atom is -0.480 e. The summed E-state index contributed by atoms with van der Waals surface area (Å²) in [6.45, 7) is 1.90. The van der Waals surface area contributed by atoms with Crippen molar-refractivity contribution in [2.75, 3.05) is 24.5 Å². The molecular weight excluding hydrogens is 448 g/mol. The van der Waals surface area contributed by atoms with Crippen LogP contribution in [0.3, 0.4) is 0 Å². The van der Waals surface area contributed by atoms with Crippen LogP contribution in [0, 0.1) is 0 Å². The molecule has 0 bridgehead atoms. The largest absolute Gasteiger partial charge is 0.480 e. The summed E-state index contributed by atoms with van der Waals surface area (Å²) in [5.74, 6) is -1.44. The van der Waals surface area contributed by atoms with Crippen molar-refractivity contribution >= 4 is 23.7 Å². The molecule has 4 heterocycles. The number of carboxylic acid groups (broad SMARTS) is 1. The number of carbonyl (C=O) groups excluding carboxylic acids is 2. The van der Waals surface area contributed by atoms with E-state index in [1.165, 1.54) is 4.90 Å². The molecule has 3 saturated heterocycles. The fourth-order valence-corrected chi connectivity index (χ4v) is 5.61. The lowest BCUT2D eigenvalue weighted by atomic mass is 9.94. The average molecular weight is 479 g/mol. The zero-order valence-electron chi connectivity index (χ0n) is 19.5. The smallest absolute Gasteiger partial charge is 0.411 e. The number of likely N-dealkylation sites (tertiary alicyclic amines) is 1. The summed E-state index contributed by atoms with van der Waals surface area (Å²) in [5, 5.41) is 9.69. The maximum atomic E-state index is 13.7. The third-order valence-electron chi connectivity index (χ3n) is 7.37. The molecule has 2 amide bonds. The highest BCUT2D eigenvalue weighted by Gasteiger charge is 2.52. The molecule has 0 radical (unpaired) electrons. The van der Waals surface area contributed by atoms with Gasteiger partial charge >= 0.3 is 12.1 Å². The number of ether oxygens (including phenoxy) is 1. The van der Waals surface area contributed by atoms with Crippen LogP contribution in [0.5, 0.6) is 0 Å². The number of hydrogen-bond acceptors (Lipinski definition) is 6. The highest BCUT2D eigenvalue weighted by Crippen LogP contribution is 2.39. The summed E-state index contributed by atoms with van der Waals surface area (Å²) in [4.78, 5) is 48.2. The van der Waals surface area contributed by atoms with Crippen LogP contribution >= 0.6 is 0 Å². The van der Waals surface area contributed by atoms with Gasteiger partial charge in [0.05, 0.1) is 0 Å². The van der Waals surface area contributed by atoms with E-state index in [0.29, 0.717) is 13.0 Å². The normalized spacial score (nSPS) is 25.4. The maximum Gasteiger partial charge on any atom is 0.411 e. The number of amides is 2. The van der Waals surface area contributed by atoms with Crippen LogP contribution < -0.4 is 4.90 Å². The lowest BCUT2D eigenvalue weighted by Gasteiger charge is -2.40. The van der Waals surface area contributed by atoms with Gasteiger partial charge in [0.25, 0.3) is 5.91 Å². The lowest BCUT2D eigenvalue weighted by molar-refractivity contribution is -0.156. The second-order valence-corrected chi connectivity index (χ2v) is 9.37. The topological polar surface area (TPSA) is 103 Å². The van der Waals surface area contributed by atoms with Crippen LogP contribution in [0.1, 0.15) is 43.7 Å². The highest BCUT2D eigenvalue weighted by atomic mass is 16.6. The van der Waals surface area contributed by atoms with Gasteiger partial charge < -0.3 is 19.6 Å². The molecule has 1 N–H and O–H groups in total. The second kappa shape index (κ2) is 9.93. The number of benzene rings is 1. The average Bonchev–Trinajstić information content (AvgIpc) is 3.26. The van der Waals surface area contributed by atoms with E-state index in [1.807, 2.05) is 42.5 Å². The fourth-order valence-electron chi connectivity index (χ4n) is 5.61. The molecule has 5 rings (SSSR count). The standard InChI is InChI=1S/C26H30N4O5/c31-24(29-15-5-4-8-21(29)25(32)33)23-22(18-6-2-1-3-7-18)30(26(34)35-23)20-11-16-28(17-12-20)19-9-13-27-14-10-19/h1-3,6-7,9-10,13-14,20-23H,4-5,8,11-12,15-17H2,(H,32,33). The highest BCUT2D eigenvalue weighted by molar-refractivity contribution is 5.91. The van der Waals surface area contributed by atoms with E-state index in [9.17, 15) is 19.5 Å². The van der Waals surface area contributed by atoms with Gasteiger partial charge in [-0.15, -0.1) is 0 Å². The molecule has 9 heteroatoms. The molecule has 3 atom stereocenters. The van der Waals surface area contributed by atoms with Gasteiger partial charge in [0.1, 0.15) is 12.1 Å². The molecule has 2 aromatic rings. The summed E-state index contributed by atoms with van der Waals surface area (Å²) >= 11 is 0. The molecule has 3 aliphatic rings. The Morgan fingerprint density at radius 1 is 0.943 bits per heavy atom. The Hall–Kier alpha value is -3.62. The van der Waals surface area contributed by atoms with E-state index >= 15 is 0 Å². The van der Waals surface area contributed by atoms with Crippen molar-refractivity contribution in [3.63, 3.8) is 0 Å². The number of nitrogens with zero attached hydrogens (tertiary/aromatic N) is 4. The van der Waals surface area contributed by atoms with Crippen molar-refractivity contribution in [1.29, 1.82) is 0 Å². The van der Waals surface area contributed by atoms with Gasteiger partial charge in [-0.2, -0.15) is 0 Å². The maximum absolute atomic E-state index is 13.7. The molecular formula is C26H30N4O5. The number of pyridine rings is 1. The Bertz CT molecular complexity index is 1060. The van der Waals surface area contributed by atoms with Crippen LogP contribution in [0.15, 0.2) is 54.9 Å². The molecule has 3 aliphatic heterocycles. The van der Waals surface area contributed by atoms with Crippen molar-refractivity contribution < 1.29 is 24.2 Å². The van der Waals surface area contributed by atoms with Gasteiger partial charge in [0.2, 0.25) is 6.10 Å².